The molecule has 2 atom stereocenters. The molecule has 1 aromatic carbocycles. The molecule has 2 unspecified atom stereocenters. The van der Waals surface area contributed by atoms with Crippen molar-refractivity contribution in [3.63, 3.8) is 0 Å². The van der Waals surface area contributed by atoms with Gasteiger partial charge in [0.15, 0.2) is 0 Å². The minimum Gasteiger partial charge on any atom is -0.545 e. The van der Waals surface area contributed by atoms with E-state index in [-0.39, 0.29) is 36.9 Å². The number of thiazole rings is 1. The van der Waals surface area contributed by atoms with E-state index in [1.807, 2.05) is 0 Å². The van der Waals surface area contributed by atoms with Crippen molar-refractivity contribution in [2.45, 2.75) is 44.8 Å². The third-order valence-corrected chi connectivity index (χ3v) is 5.34. The number of carbonyl (C=O) groups is 2. The molecule has 1 aliphatic rings. The number of piperidine rings is 1. The molecule has 2 heterocycles. The Hall–Kier alpha value is -1.59. The Labute approximate surface area is 173 Å². The fraction of sp³-hybridized carbons (Fsp3) is 0.500. The van der Waals surface area contributed by atoms with E-state index in [0.29, 0.717) is 18.5 Å². The number of aliphatic hydroxyl groups is 1. The monoisotopic (exact) mass is 384 g/mol. The number of carbonyl (C=O) groups excluding carboxylic acids is 2. The molecule has 0 spiro atoms. The fourth-order valence-electron chi connectivity index (χ4n) is 2.94. The minimum absolute atomic E-state index is 0. The topological polar surface area (TPSA) is 103 Å². The molecule has 3 rings (SSSR count). The molecule has 1 saturated heterocycles. The van der Waals surface area contributed by atoms with Gasteiger partial charge in [0, 0.05) is 12.5 Å². The number of likely N-dealkylation sites (tertiary alicyclic amines) is 1. The number of rotatable bonds is 2. The first-order chi connectivity index (χ1) is 12.1. The predicted octanol–water partition coefficient (Wildman–Crippen LogP) is -1.25. The Morgan fingerprint density at radius 2 is 2.07 bits per heavy atom. The Morgan fingerprint density at radius 3 is 2.67 bits per heavy atom. The number of amides is 1. The summed E-state index contributed by atoms with van der Waals surface area (Å²) in [7, 11) is 0. The quantitative estimate of drug-likeness (QED) is 0.649. The molecule has 1 aromatic heterocycles. The molecule has 0 bridgehead atoms. The van der Waals surface area contributed by atoms with Gasteiger partial charge in [0.2, 0.25) is 0 Å². The smallest absolute Gasteiger partial charge is 0.545 e. The molecule has 0 saturated carbocycles. The number of carboxylic acid groups (broad SMARTS) is 1. The van der Waals surface area contributed by atoms with Crippen LogP contribution in [0.2, 0.25) is 0 Å². The van der Waals surface area contributed by atoms with Crippen LogP contribution >= 0.6 is 11.3 Å². The van der Waals surface area contributed by atoms with Crippen LogP contribution < -0.4 is 24.0 Å². The third-order valence-electron chi connectivity index (χ3n) is 4.19. The van der Waals surface area contributed by atoms with E-state index >= 15 is 0 Å². The number of hydrogen-bond donors (Lipinski definition) is 1. The van der Waals surface area contributed by atoms with Crippen LogP contribution in [-0.2, 0) is 4.74 Å². The van der Waals surface area contributed by atoms with Crippen molar-refractivity contribution in [3.8, 4) is 0 Å². The number of carboxylic acids is 1. The van der Waals surface area contributed by atoms with E-state index in [1.165, 1.54) is 28.4 Å². The van der Waals surface area contributed by atoms with E-state index in [2.05, 4.69) is 4.98 Å². The summed E-state index contributed by atoms with van der Waals surface area (Å²) in [5.41, 5.74) is 0.215. The summed E-state index contributed by atoms with van der Waals surface area (Å²) in [4.78, 5) is 29.2. The van der Waals surface area contributed by atoms with Gasteiger partial charge in [-0.25, -0.2) is 9.78 Å². The molecule has 0 aliphatic carbocycles. The van der Waals surface area contributed by atoms with E-state index in [0.717, 1.165) is 9.71 Å². The van der Waals surface area contributed by atoms with Crippen LogP contribution in [0.4, 0.5) is 4.79 Å². The van der Waals surface area contributed by atoms with E-state index in [4.69, 9.17) is 4.74 Å². The van der Waals surface area contributed by atoms with Gasteiger partial charge in [0.1, 0.15) is 5.60 Å². The van der Waals surface area contributed by atoms with Crippen molar-refractivity contribution in [1.82, 2.24) is 9.88 Å². The maximum absolute atomic E-state index is 12.2. The number of fused-ring (bicyclic) bond motifs is 1. The molecule has 140 valence electrons. The molecule has 27 heavy (non-hydrogen) atoms. The number of aromatic carboxylic acids is 1. The zero-order valence-electron chi connectivity index (χ0n) is 15.9. The van der Waals surface area contributed by atoms with Crippen LogP contribution in [0.25, 0.3) is 10.2 Å². The van der Waals surface area contributed by atoms with Gasteiger partial charge < -0.3 is 24.6 Å². The van der Waals surface area contributed by atoms with Gasteiger partial charge in [0.05, 0.1) is 33.8 Å². The summed E-state index contributed by atoms with van der Waals surface area (Å²) in [5.74, 6) is -1.43. The van der Waals surface area contributed by atoms with Crippen molar-refractivity contribution < 1.29 is 43.4 Å². The molecule has 0 radical (unpaired) electrons. The van der Waals surface area contributed by atoms with Crippen LogP contribution in [0.5, 0.6) is 0 Å². The number of nitrogens with zero attached hydrogens (tertiary/aromatic N) is 2. The zero-order valence-corrected chi connectivity index (χ0v) is 16.7. The number of ether oxygens (including phenoxy) is 1. The van der Waals surface area contributed by atoms with E-state index in [9.17, 15) is 19.8 Å². The standard InChI is InChI=1S/C18H22N2O5S.Li/c1-18(2,3)25-17(24)20-7-6-11(13(21)9-20)15-19-12-5-4-10(16(22)23)8-14(12)26-15;/h4-5,8,11,13,21H,6-7,9H2,1-3H3,(H,22,23);/q;+1/p-1. The summed E-state index contributed by atoms with van der Waals surface area (Å²) >= 11 is 1.36. The van der Waals surface area contributed by atoms with Crippen molar-refractivity contribution in [2.75, 3.05) is 13.1 Å². The first kappa shape index (κ1) is 21.7. The molecular weight excluding hydrogens is 363 g/mol. The van der Waals surface area contributed by atoms with Gasteiger partial charge in [-0.3, -0.25) is 0 Å². The minimum atomic E-state index is -1.23. The Balaban J connectivity index is 0.00000261. The summed E-state index contributed by atoms with van der Waals surface area (Å²) < 4.78 is 6.09. The van der Waals surface area contributed by atoms with Gasteiger partial charge in [-0.2, -0.15) is 0 Å². The second-order valence-electron chi connectivity index (χ2n) is 7.41. The maximum Gasteiger partial charge on any atom is 1.00 e. The van der Waals surface area contributed by atoms with Crippen LogP contribution in [0.15, 0.2) is 18.2 Å². The van der Waals surface area contributed by atoms with Gasteiger partial charge in [-0.15, -0.1) is 11.3 Å². The van der Waals surface area contributed by atoms with E-state index < -0.39 is 23.8 Å². The number of aromatic nitrogens is 1. The van der Waals surface area contributed by atoms with Crippen LogP contribution in [0.1, 0.15) is 48.5 Å². The average Bonchev–Trinajstić information content (AvgIpc) is 2.95. The predicted molar refractivity (Wildman–Crippen MR) is 95.1 cm³/mol. The molecule has 1 N–H and O–H groups in total. The maximum atomic E-state index is 12.2. The van der Waals surface area contributed by atoms with Crippen molar-refractivity contribution >= 4 is 33.6 Å². The number of aliphatic hydroxyl groups excluding tert-OH is 1. The summed E-state index contributed by atoms with van der Waals surface area (Å²) in [6.07, 6.45) is -0.622. The number of benzene rings is 1. The third kappa shape index (κ3) is 5.02. The molecule has 7 nitrogen and oxygen atoms in total. The summed E-state index contributed by atoms with van der Waals surface area (Å²) in [6.45, 7) is 6.05. The zero-order chi connectivity index (χ0) is 19.1. The van der Waals surface area contributed by atoms with Crippen molar-refractivity contribution in [2.24, 2.45) is 0 Å². The molecule has 1 fully saturated rings. The fourth-order valence-corrected chi connectivity index (χ4v) is 4.14. The number of β-amino-alcohol motifs (C(OH)–C–C–N with tert-alkyl or cyclic N) is 1. The molecule has 1 aliphatic heterocycles. The number of hydrogen-bond acceptors (Lipinski definition) is 7. The molecule has 2 aromatic rings. The van der Waals surface area contributed by atoms with Gasteiger partial charge in [-0.1, -0.05) is 6.07 Å². The second-order valence-corrected chi connectivity index (χ2v) is 8.47. The van der Waals surface area contributed by atoms with Gasteiger partial charge in [0.25, 0.3) is 0 Å². The van der Waals surface area contributed by atoms with Gasteiger partial charge >= 0.3 is 25.0 Å². The molecule has 9 heteroatoms. The van der Waals surface area contributed by atoms with Gasteiger partial charge in [-0.05, 0) is 44.9 Å². The normalized spacial score (nSPS) is 20.2. The summed E-state index contributed by atoms with van der Waals surface area (Å²) in [5, 5.41) is 22.3. The second kappa shape index (κ2) is 8.19. The van der Waals surface area contributed by atoms with E-state index in [1.54, 1.807) is 26.8 Å². The molecular formula is C18H21LiN2O5S. The SMILES string of the molecule is CC(C)(C)OC(=O)N1CCC(c2nc3ccc(C(=O)[O-])cc3s2)C(O)C1.[Li+]. The Kier molecular flexibility index (Phi) is 6.58. The largest absolute Gasteiger partial charge is 1.00 e. The Morgan fingerprint density at radius 1 is 1.37 bits per heavy atom. The van der Waals surface area contributed by atoms with Crippen molar-refractivity contribution in [1.29, 1.82) is 0 Å². The van der Waals surface area contributed by atoms with Crippen molar-refractivity contribution in [3.05, 3.63) is 28.8 Å². The first-order valence-corrected chi connectivity index (χ1v) is 9.23. The van der Waals surface area contributed by atoms with Crippen LogP contribution in [0, 0.1) is 0 Å². The average molecular weight is 384 g/mol. The molecule has 1 amide bonds. The van der Waals surface area contributed by atoms with Crippen LogP contribution in [-0.4, -0.2) is 51.8 Å². The first-order valence-electron chi connectivity index (χ1n) is 8.42. The van der Waals surface area contributed by atoms with Crippen LogP contribution in [0.3, 0.4) is 0 Å². The Bertz CT molecular complexity index is 848. The summed E-state index contributed by atoms with van der Waals surface area (Å²) in [6, 6.07) is 4.64.